The fourth-order valence-corrected chi connectivity index (χ4v) is 2.24. The molecule has 140 valence electrons. The van der Waals surface area contributed by atoms with Crippen molar-refractivity contribution in [3.05, 3.63) is 60.2 Å². The normalized spacial score (nSPS) is 9.96. The zero-order valence-electron chi connectivity index (χ0n) is 14.9. The van der Waals surface area contributed by atoms with E-state index in [0.717, 1.165) is 0 Å². The number of benzene rings is 2. The summed E-state index contributed by atoms with van der Waals surface area (Å²) < 4.78 is 4.88. The maximum atomic E-state index is 11.9. The topological polar surface area (TPSA) is 102 Å². The number of ether oxygens (including phenoxy) is 1. The van der Waals surface area contributed by atoms with Crippen LogP contribution in [0.1, 0.15) is 30.1 Å². The van der Waals surface area contributed by atoms with Crippen LogP contribution in [-0.4, -0.2) is 30.2 Å². The molecule has 0 aliphatic heterocycles. The first-order valence-corrected chi connectivity index (χ1v) is 8.35. The average Bonchev–Trinajstić information content (AvgIpc) is 2.66. The summed E-state index contributed by atoms with van der Waals surface area (Å²) in [5.74, 6) is -1.46. The molecule has 2 aromatic carbocycles. The molecule has 0 spiro atoms. The van der Waals surface area contributed by atoms with Gasteiger partial charge in [-0.25, -0.2) is 0 Å². The van der Waals surface area contributed by atoms with Gasteiger partial charge in [0.1, 0.15) is 0 Å². The second kappa shape index (κ2) is 9.86. The highest BCUT2D eigenvalue weighted by Crippen LogP contribution is 2.13. The predicted octanol–water partition coefficient (Wildman–Crippen LogP) is 2.79. The van der Waals surface area contributed by atoms with Crippen LogP contribution >= 0.6 is 0 Å². The number of Topliss-reactive ketones (excluding diaryl/α,β-unsaturated/α-hetero) is 1. The molecule has 0 unspecified atom stereocenters. The highest BCUT2D eigenvalue weighted by atomic mass is 16.5. The third kappa shape index (κ3) is 7.11. The van der Waals surface area contributed by atoms with Gasteiger partial charge >= 0.3 is 5.97 Å². The number of nitrogens with one attached hydrogen (secondary N) is 2. The lowest BCUT2D eigenvalue weighted by atomic mass is 10.1. The summed E-state index contributed by atoms with van der Waals surface area (Å²) >= 11 is 0. The Balaban J connectivity index is 1.71. The number of carbonyl (C=O) groups is 4. The molecule has 0 aliphatic carbocycles. The van der Waals surface area contributed by atoms with Crippen molar-refractivity contribution in [2.24, 2.45) is 0 Å². The highest BCUT2D eigenvalue weighted by molar-refractivity contribution is 5.98. The van der Waals surface area contributed by atoms with E-state index >= 15 is 0 Å². The highest BCUT2D eigenvalue weighted by Gasteiger charge is 2.12. The maximum Gasteiger partial charge on any atom is 0.306 e. The minimum absolute atomic E-state index is 0.0229. The van der Waals surface area contributed by atoms with E-state index in [0.29, 0.717) is 16.9 Å². The molecule has 0 bridgehead atoms. The number of hydrogen-bond donors (Lipinski definition) is 2. The Morgan fingerprint density at radius 2 is 1.41 bits per heavy atom. The monoisotopic (exact) mass is 368 g/mol. The van der Waals surface area contributed by atoms with Gasteiger partial charge in [-0.3, -0.25) is 19.2 Å². The first-order valence-electron chi connectivity index (χ1n) is 8.35. The van der Waals surface area contributed by atoms with Crippen molar-refractivity contribution in [1.29, 1.82) is 0 Å². The summed E-state index contributed by atoms with van der Waals surface area (Å²) in [6.07, 6.45) is -0.0680. The molecule has 27 heavy (non-hydrogen) atoms. The van der Waals surface area contributed by atoms with Gasteiger partial charge < -0.3 is 15.4 Å². The van der Waals surface area contributed by atoms with E-state index in [4.69, 9.17) is 4.74 Å². The van der Waals surface area contributed by atoms with Gasteiger partial charge in [-0.2, -0.15) is 0 Å². The molecule has 7 heteroatoms. The smallest absolute Gasteiger partial charge is 0.306 e. The molecule has 2 rings (SSSR count). The Bertz CT molecular complexity index is 816. The molecule has 0 aliphatic rings. The second-order valence-corrected chi connectivity index (χ2v) is 5.76. The Morgan fingerprint density at radius 3 is 2.00 bits per heavy atom. The Kier molecular flexibility index (Phi) is 7.25. The molecule has 7 nitrogen and oxygen atoms in total. The number of ketones is 1. The van der Waals surface area contributed by atoms with E-state index in [-0.39, 0.29) is 24.5 Å². The van der Waals surface area contributed by atoms with Crippen molar-refractivity contribution in [2.75, 3.05) is 17.2 Å². The lowest BCUT2D eigenvalue weighted by Gasteiger charge is -2.08. The summed E-state index contributed by atoms with van der Waals surface area (Å²) in [4.78, 5) is 46.4. The Morgan fingerprint density at radius 1 is 0.815 bits per heavy atom. The van der Waals surface area contributed by atoms with Crippen molar-refractivity contribution in [2.45, 2.75) is 19.8 Å². The van der Waals surface area contributed by atoms with Crippen molar-refractivity contribution >= 4 is 34.9 Å². The maximum absolute atomic E-state index is 11.9. The molecular formula is C20H20N2O5. The lowest BCUT2D eigenvalue weighted by molar-refractivity contribution is -0.147. The van der Waals surface area contributed by atoms with E-state index in [1.54, 1.807) is 54.6 Å². The van der Waals surface area contributed by atoms with Crippen LogP contribution in [0.15, 0.2) is 54.6 Å². The minimum Gasteiger partial charge on any atom is -0.456 e. The SMILES string of the molecule is CC(=O)Nc1ccc(NC(=O)COC(=O)CCC(=O)c2ccccc2)cc1. The summed E-state index contributed by atoms with van der Waals surface area (Å²) in [6, 6.07) is 15.2. The van der Waals surface area contributed by atoms with Crippen molar-refractivity contribution in [1.82, 2.24) is 0 Å². The molecule has 0 saturated carbocycles. The lowest BCUT2D eigenvalue weighted by Crippen LogP contribution is -2.21. The third-order valence-corrected chi connectivity index (χ3v) is 3.51. The van der Waals surface area contributed by atoms with Crippen molar-refractivity contribution in [3.63, 3.8) is 0 Å². The standard InChI is InChI=1S/C20H20N2O5/c1-14(23)21-16-7-9-17(10-8-16)22-19(25)13-27-20(26)12-11-18(24)15-5-3-2-4-6-15/h2-10H,11-13H2,1H3,(H,21,23)(H,22,25). The average molecular weight is 368 g/mol. The largest absolute Gasteiger partial charge is 0.456 e. The van der Waals surface area contributed by atoms with E-state index < -0.39 is 18.5 Å². The van der Waals surface area contributed by atoms with Crippen LogP contribution in [0.3, 0.4) is 0 Å². The number of anilines is 2. The first kappa shape index (κ1) is 19.8. The summed E-state index contributed by atoms with van der Waals surface area (Å²) in [5.41, 5.74) is 1.64. The molecule has 0 saturated heterocycles. The second-order valence-electron chi connectivity index (χ2n) is 5.76. The third-order valence-electron chi connectivity index (χ3n) is 3.51. The van der Waals surface area contributed by atoms with Crippen LogP contribution in [0.5, 0.6) is 0 Å². The van der Waals surface area contributed by atoms with Crippen LogP contribution in [-0.2, 0) is 19.1 Å². The molecule has 0 heterocycles. The summed E-state index contributed by atoms with van der Waals surface area (Å²) in [7, 11) is 0. The Hall–Kier alpha value is -3.48. The van der Waals surface area contributed by atoms with E-state index in [9.17, 15) is 19.2 Å². The van der Waals surface area contributed by atoms with E-state index in [1.807, 2.05) is 0 Å². The Labute approximate surface area is 156 Å². The molecule has 2 amide bonds. The number of hydrogen-bond acceptors (Lipinski definition) is 5. The van der Waals surface area contributed by atoms with E-state index in [1.165, 1.54) is 6.92 Å². The van der Waals surface area contributed by atoms with Crippen molar-refractivity contribution in [3.8, 4) is 0 Å². The number of amides is 2. The van der Waals surface area contributed by atoms with Gasteiger partial charge in [0.15, 0.2) is 12.4 Å². The zero-order valence-corrected chi connectivity index (χ0v) is 14.9. The van der Waals surface area contributed by atoms with Crippen LogP contribution in [0.25, 0.3) is 0 Å². The van der Waals surface area contributed by atoms with Gasteiger partial charge in [-0.1, -0.05) is 30.3 Å². The zero-order chi connectivity index (χ0) is 19.6. The number of rotatable bonds is 8. The quantitative estimate of drug-likeness (QED) is 0.551. The molecular weight excluding hydrogens is 348 g/mol. The van der Waals surface area contributed by atoms with Crippen LogP contribution in [0.2, 0.25) is 0 Å². The van der Waals surface area contributed by atoms with Crippen molar-refractivity contribution < 1.29 is 23.9 Å². The summed E-state index contributed by atoms with van der Waals surface area (Å²) in [6.45, 7) is 0.962. The molecule has 2 aromatic rings. The van der Waals surface area contributed by atoms with Crippen LogP contribution in [0, 0.1) is 0 Å². The fourth-order valence-electron chi connectivity index (χ4n) is 2.24. The molecule has 0 aromatic heterocycles. The molecule has 0 radical (unpaired) electrons. The van der Waals surface area contributed by atoms with E-state index in [2.05, 4.69) is 10.6 Å². The van der Waals surface area contributed by atoms with Gasteiger partial charge in [0.05, 0.1) is 6.42 Å². The van der Waals surface area contributed by atoms with Crippen LogP contribution in [0.4, 0.5) is 11.4 Å². The van der Waals surface area contributed by atoms with Gasteiger partial charge in [-0.05, 0) is 24.3 Å². The molecule has 2 N–H and O–H groups in total. The molecule has 0 fully saturated rings. The first-order chi connectivity index (χ1) is 12.9. The summed E-state index contributed by atoms with van der Waals surface area (Å²) in [5, 5.41) is 5.18. The number of esters is 1. The fraction of sp³-hybridized carbons (Fsp3) is 0.200. The minimum atomic E-state index is -0.615. The van der Waals surface area contributed by atoms with Crippen LogP contribution < -0.4 is 10.6 Å². The number of carbonyl (C=O) groups excluding carboxylic acids is 4. The van der Waals surface area contributed by atoms with Gasteiger partial charge in [0.2, 0.25) is 5.91 Å². The molecule has 0 atom stereocenters. The van der Waals surface area contributed by atoms with Gasteiger partial charge in [0, 0.05) is 30.3 Å². The van der Waals surface area contributed by atoms with Gasteiger partial charge in [0.25, 0.3) is 5.91 Å². The predicted molar refractivity (Wildman–Crippen MR) is 100 cm³/mol. The van der Waals surface area contributed by atoms with Gasteiger partial charge in [-0.15, -0.1) is 0 Å².